The van der Waals surface area contributed by atoms with Crippen LogP contribution in [-0.4, -0.2) is 14.8 Å². The van der Waals surface area contributed by atoms with E-state index in [4.69, 9.17) is 5.73 Å². The quantitative estimate of drug-likeness (QED) is 0.792. The Kier molecular flexibility index (Phi) is 3.24. The summed E-state index contributed by atoms with van der Waals surface area (Å²) in [6.45, 7) is 2.10. The highest BCUT2D eigenvalue weighted by Crippen LogP contribution is 2.23. The predicted molar refractivity (Wildman–Crippen MR) is 80.4 cm³/mol. The molecule has 1 atom stereocenters. The van der Waals surface area contributed by atoms with Gasteiger partial charge in [-0.25, -0.2) is 0 Å². The Morgan fingerprint density at radius 3 is 2.85 bits per heavy atom. The number of aromatic nitrogens is 3. The largest absolute Gasteiger partial charge is 0.319 e. The fourth-order valence-electron chi connectivity index (χ4n) is 2.47. The van der Waals surface area contributed by atoms with Crippen LogP contribution >= 0.6 is 0 Å². The van der Waals surface area contributed by atoms with Crippen LogP contribution in [0, 0.1) is 0 Å². The Morgan fingerprint density at radius 1 is 1.25 bits per heavy atom. The molecule has 4 heteroatoms. The van der Waals surface area contributed by atoms with Gasteiger partial charge in [-0.05, 0) is 36.2 Å². The molecule has 0 aliphatic rings. The molecular formula is C16H18N4. The van der Waals surface area contributed by atoms with Crippen molar-refractivity contribution in [1.82, 2.24) is 14.8 Å². The molecule has 102 valence electrons. The van der Waals surface area contributed by atoms with Crippen LogP contribution in [-0.2, 0) is 13.5 Å². The third kappa shape index (κ3) is 2.18. The van der Waals surface area contributed by atoms with E-state index in [0.29, 0.717) is 0 Å². The first-order valence-electron chi connectivity index (χ1n) is 6.82. The molecule has 3 aromatic rings. The van der Waals surface area contributed by atoms with Crippen LogP contribution in [0.4, 0.5) is 0 Å². The smallest absolute Gasteiger partial charge is 0.0723 e. The zero-order chi connectivity index (χ0) is 14.1. The van der Waals surface area contributed by atoms with Gasteiger partial charge in [-0.3, -0.25) is 9.67 Å². The maximum atomic E-state index is 6.39. The SMILES string of the molecule is CCc1cc(C(N)c2ccc3ncccc3c2)n(C)n1. The summed E-state index contributed by atoms with van der Waals surface area (Å²) in [4.78, 5) is 4.33. The number of nitrogens with zero attached hydrogens (tertiary/aromatic N) is 3. The zero-order valence-corrected chi connectivity index (χ0v) is 11.7. The molecule has 1 unspecified atom stereocenters. The fraction of sp³-hybridized carbons (Fsp3) is 0.250. The normalized spacial score (nSPS) is 12.8. The van der Waals surface area contributed by atoms with Gasteiger partial charge in [0.25, 0.3) is 0 Å². The van der Waals surface area contributed by atoms with E-state index in [-0.39, 0.29) is 6.04 Å². The van der Waals surface area contributed by atoms with Crippen LogP contribution in [0.25, 0.3) is 10.9 Å². The maximum Gasteiger partial charge on any atom is 0.0723 e. The molecule has 0 fully saturated rings. The van der Waals surface area contributed by atoms with Crippen molar-refractivity contribution in [2.75, 3.05) is 0 Å². The minimum absolute atomic E-state index is 0.169. The molecule has 0 amide bonds. The van der Waals surface area contributed by atoms with Crippen molar-refractivity contribution < 1.29 is 0 Å². The number of aryl methyl sites for hydroxylation is 2. The molecule has 0 spiro atoms. The standard InChI is InChI=1S/C16H18N4/c1-3-13-10-15(20(2)19-13)16(17)12-6-7-14-11(9-12)5-4-8-18-14/h4-10,16H,3,17H2,1-2H3. The summed E-state index contributed by atoms with van der Waals surface area (Å²) in [5.41, 5.74) is 10.6. The van der Waals surface area contributed by atoms with Crippen molar-refractivity contribution in [2.45, 2.75) is 19.4 Å². The lowest BCUT2D eigenvalue weighted by Crippen LogP contribution is -2.15. The highest BCUT2D eigenvalue weighted by atomic mass is 15.3. The number of nitrogens with two attached hydrogens (primary N) is 1. The van der Waals surface area contributed by atoms with Gasteiger partial charge in [-0.2, -0.15) is 5.10 Å². The molecule has 2 aromatic heterocycles. The highest BCUT2D eigenvalue weighted by Gasteiger charge is 2.14. The Labute approximate surface area is 118 Å². The van der Waals surface area contributed by atoms with Gasteiger partial charge in [-0.15, -0.1) is 0 Å². The first kappa shape index (κ1) is 12.8. The minimum Gasteiger partial charge on any atom is -0.319 e. The van der Waals surface area contributed by atoms with E-state index in [1.807, 2.05) is 29.9 Å². The van der Waals surface area contributed by atoms with E-state index in [9.17, 15) is 0 Å². The maximum absolute atomic E-state index is 6.39. The zero-order valence-electron chi connectivity index (χ0n) is 11.7. The van der Waals surface area contributed by atoms with Crippen LogP contribution in [0.2, 0.25) is 0 Å². The number of benzene rings is 1. The summed E-state index contributed by atoms with van der Waals surface area (Å²) in [5.74, 6) is 0. The van der Waals surface area contributed by atoms with E-state index >= 15 is 0 Å². The van der Waals surface area contributed by atoms with Gasteiger partial charge in [0.1, 0.15) is 0 Å². The first-order valence-corrected chi connectivity index (χ1v) is 6.82. The van der Waals surface area contributed by atoms with E-state index in [1.165, 1.54) is 0 Å². The van der Waals surface area contributed by atoms with Crippen molar-refractivity contribution >= 4 is 10.9 Å². The van der Waals surface area contributed by atoms with Gasteiger partial charge in [0, 0.05) is 18.6 Å². The van der Waals surface area contributed by atoms with E-state index in [2.05, 4.69) is 35.2 Å². The molecule has 0 saturated carbocycles. The second-order valence-corrected chi connectivity index (χ2v) is 4.97. The molecule has 0 aliphatic carbocycles. The Balaban J connectivity index is 2.02. The number of hydrogen-bond donors (Lipinski definition) is 1. The summed E-state index contributed by atoms with van der Waals surface area (Å²) >= 11 is 0. The van der Waals surface area contributed by atoms with E-state index < -0.39 is 0 Å². The fourth-order valence-corrected chi connectivity index (χ4v) is 2.47. The van der Waals surface area contributed by atoms with Crippen molar-refractivity contribution in [3.05, 3.63) is 59.5 Å². The molecule has 0 radical (unpaired) electrons. The average molecular weight is 266 g/mol. The van der Waals surface area contributed by atoms with Crippen LogP contribution in [0.15, 0.2) is 42.6 Å². The summed E-state index contributed by atoms with van der Waals surface area (Å²) < 4.78 is 1.87. The Hall–Kier alpha value is -2.20. The molecule has 0 saturated heterocycles. The van der Waals surface area contributed by atoms with E-state index in [1.54, 1.807) is 6.20 Å². The highest BCUT2D eigenvalue weighted by molar-refractivity contribution is 5.79. The third-order valence-electron chi connectivity index (χ3n) is 3.63. The minimum atomic E-state index is -0.169. The van der Waals surface area contributed by atoms with Gasteiger partial charge < -0.3 is 5.73 Å². The molecule has 3 rings (SSSR count). The number of hydrogen-bond acceptors (Lipinski definition) is 3. The van der Waals surface area contributed by atoms with Gasteiger partial charge in [0.15, 0.2) is 0 Å². The topological polar surface area (TPSA) is 56.7 Å². The molecule has 0 aliphatic heterocycles. The summed E-state index contributed by atoms with van der Waals surface area (Å²) in [6, 6.07) is 12.1. The lowest BCUT2D eigenvalue weighted by Gasteiger charge is -2.13. The molecule has 2 heterocycles. The van der Waals surface area contributed by atoms with Gasteiger partial charge in [0.05, 0.1) is 22.9 Å². The predicted octanol–water partition coefficient (Wildman–Crippen LogP) is 2.58. The van der Waals surface area contributed by atoms with Crippen LogP contribution < -0.4 is 5.73 Å². The number of fused-ring (bicyclic) bond motifs is 1. The van der Waals surface area contributed by atoms with Crippen molar-refractivity contribution in [3.63, 3.8) is 0 Å². The monoisotopic (exact) mass is 266 g/mol. The number of rotatable bonds is 3. The van der Waals surface area contributed by atoms with Gasteiger partial charge in [-0.1, -0.05) is 19.1 Å². The van der Waals surface area contributed by atoms with E-state index in [0.717, 1.165) is 34.3 Å². The van der Waals surface area contributed by atoms with Crippen molar-refractivity contribution in [2.24, 2.45) is 12.8 Å². The molecule has 20 heavy (non-hydrogen) atoms. The lowest BCUT2D eigenvalue weighted by atomic mass is 10.0. The van der Waals surface area contributed by atoms with Gasteiger partial charge in [0.2, 0.25) is 0 Å². The van der Waals surface area contributed by atoms with Gasteiger partial charge >= 0.3 is 0 Å². The molecule has 4 nitrogen and oxygen atoms in total. The lowest BCUT2D eigenvalue weighted by molar-refractivity contribution is 0.666. The molecule has 2 N–H and O–H groups in total. The van der Waals surface area contributed by atoms with Crippen LogP contribution in [0.5, 0.6) is 0 Å². The summed E-state index contributed by atoms with van der Waals surface area (Å²) in [5, 5.41) is 5.57. The Bertz CT molecular complexity index is 745. The second kappa shape index (κ2) is 5.06. The average Bonchev–Trinajstić information content (AvgIpc) is 2.87. The first-order chi connectivity index (χ1) is 9.69. The summed E-state index contributed by atoms with van der Waals surface area (Å²) in [7, 11) is 1.94. The molecule has 0 bridgehead atoms. The second-order valence-electron chi connectivity index (χ2n) is 4.97. The third-order valence-corrected chi connectivity index (χ3v) is 3.63. The van der Waals surface area contributed by atoms with Crippen LogP contribution in [0.1, 0.15) is 29.9 Å². The van der Waals surface area contributed by atoms with Crippen LogP contribution in [0.3, 0.4) is 0 Å². The summed E-state index contributed by atoms with van der Waals surface area (Å²) in [6.07, 6.45) is 2.72. The van der Waals surface area contributed by atoms with Crippen molar-refractivity contribution in [1.29, 1.82) is 0 Å². The number of pyridine rings is 1. The molecule has 1 aromatic carbocycles. The molecular weight excluding hydrogens is 248 g/mol. The Morgan fingerprint density at radius 2 is 2.10 bits per heavy atom. The van der Waals surface area contributed by atoms with Crippen molar-refractivity contribution in [3.8, 4) is 0 Å².